The first-order chi connectivity index (χ1) is 15.1. The van der Waals surface area contributed by atoms with E-state index in [9.17, 15) is 18.0 Å². The van der Waals surface area contributed by atoms with Gasteiger partial charge in [-0.05, 0) is 55.7 Å². The number of anilines is 1. The largest absolute Gasteiger partial charge is 0.355 e. The minimum absolute atomic E-state index is 0.140. The van der Waals surface area contributed by atoms with Crippen LogP contribution in [0.1, 0.15) is 31.9 Å². The first-order valence-corrected chi connectivity index (χ1v) is 12.7. The van der Waals surface area contributed by atoms with E-state index in [4.69, 9.17) is 11.6 Å². The Morgan fingerprint density at radius 1 is 1.00 bits per heavy atom. The first-order valence-electron chi connectivity index (χ1n) is 10.4. The van der Waals surface area contributed by atoms with Gasteiger partial charge in [0.2, 0.25) is 21.8 Å². The molecule has 2 rings (SSSR count). The van der Waals surface area contributed by atoms with Crippen molar-refractivity contribution in [1.82, 2.24) is 10.2 Å². The molecule has 174 valence electrons. The number of aryl methyl sites for hydroxylation is 1. The third-order valence-electron chi connectivity index (χ3n) is 5.10. The molecule has 0 unspecified atom stereocenters. The van der Waals surface area contributed by atoms with Crippen LogP contribution in [0.15, 0.2) is 48.5 Å². The van der Waals surface area contributed by atoms with E-state index < -0.39 is 28.5 Å². The topological polar surface area (TPSA) is 86.8 Å². The van der Waals surface area contributed by atoms with Gasteiger partial charge in [-0.25, -0.2) is 8.42 Å². The van der Waals surface area contributed by atoms with E-state index in [0.717, 1.165) is 28.1 Å². The second kappa shape index (κ2) is 11.3. The van der Waals surface area contributed by atoms with Crippen molar-refractivity contribution in [3.8, 4) is 0 Å². The number of carbonyl (C=O) groups excluding carboxylic acids is 2. The molecule has 7 nitrogen and oxygen atoms in total. The van der Waals surface area contributed by atoms with Crippen LogP contribution in [0.25, 0.3) is 0 Å². The Morgan fingerprint density at radius 2 is 1.56 bits per heavy atom. The van der Waals surface area contributed by atoms with Crippen molar-refractivity contribution in [1.29, 1.82) is 0 Å². The molecule has 0 aliphatic rings. The number of likely N-dealkylation sites (N-methyl/N-ethyl adjacent to an activating group) is 1. The van der Waals surface area contributed by atoms with E-state index in [1.807, 2.05) is 19.1 Å². The van der Waals surface area contributed by atoms with Crippen LogP contribution in [0.2, 0.25) is 5.02 Å². The van der Waals surface area contributed by atoms with Crippen molar-refractivity contribution in [3.05, 3.63) is 64.7 Å². The smallest absolute Gasteiger partial charge is 0.244 e. The minimum atomic E-state index is -3.73. The van der Waals surface area contributed by atoms with Gasteiger partial charge >= 0.3 is 0 Å². The summed E-state index contributed by atoms with van der Waals surface area (Å²) < 4.78 is 26.1. The van der Waals surface area contributed by atoms with Crippen molar-refractivity contribution >= 4 is 39.1 Å². The molecule has 0 aromatic heterocycles. The molecule has 2 amide bonds. The van der Waals surface area contributed by atoms with Crippen LogP contribution in [0.4, 0.5) is 5.69 Å². The summed E-state index contributed by atoms with van der Waals surface area (Å²) in [4.78, 5) is 27.2. The van der Waals surface area contributed by atoms with Crippen molar-refractivity contribution in [2.24, 2.45) is 0 Å². The summed E-state index contributed by atoms with van der Waals surface area (Å²) in [5, 5.41) is 3.28. The van der Waals surface area contributed by atoms with Gasteiger partial charge in [-0.15, -0.1) is 0 Å². The molecular weight excluding hydrogens is 450 g/mol. The number of hydrogen-bond donors (Lipinski definition) is 1. The van der Waals surface area contributed by atoms with E-state index in [0.29, 0.717) is 17.3 Å². The molecule has 2 aromatic rings. The zero-order valence-electron chi connectivity index (χ0n) is 18.8. The Balaban J connectivity index is 2.35. The van der Waals surface area contributed by atoms with Crippen LogP contribution in [0.3, 0.4) is 0 Å². The summed E-state index contributed by atoms with van der Waals surface area (Å²) in [5.41, 5.74) is 2.23. The lowest BCUT2D eigenvalue weighted by molar-refractivity contribution is -0.139. The Labute approximate surface area is 195 Å². The van der Waals surface area contributed by atoms with E-state index in [-0.39, 0.29) is 12.5 Å². The fourth-order valence-electron chi connectivity index (χ4n) is 3.20. The Hall–Kier alpha value is -2.58. The number of halogens is 1. The Bertz CT molecular complexity index is 1020. The number of nitrogens with one attached hydrogen (secondary N) is 1. The average molecular weight is 480 g/mol. The molecular formula is C23H30ClN3O4S. The molecule has 0 bridgehead atoms. The minimum Gasteiger partial charge on any atom is -0.355 e. The molecule has 1 atom stereocenters. The molecule has 0 saturated carbocycles. The zero-order chi connectivity index (χ0) is 23.9. The van der Waals surface area contributed by atoms with Crippen molar-refractivity contribution < 1.29 is 18.0 Å². The number of carbonyl (C=O) groups is 2. The highest BCUT2D eigenvalue weighted by Gasteiger charge is 2.29. The third kappa shape index (κ3) is 6.97. The molecule has 0 radical (unpaired) electrons. The summed E-state index contributed by atoms with van der Waals surface area (Å²) >= 11 is 5.96. The predicted octanol–water partition coefficient (Wildman–Crippen LogP) is 3.22. The van der Waals surface area contributed by atoms with Crippen LogP contribution in [0.5, 0.6) is 0 Å². The van der Waals surface area contributed by atoms with Crippen LogP contribution < -0.4 is 9.62 Å². The van der Waals surface area contributed by atoms with Crippen LogP contribution in [-0.2, 0) is 32.6 Å². The van der Waals surface area contributed by atoms with Gasteiger partial charge in [0.05, 0.1) is 11.9 Å². The van der Waals surface area contributed by atoms with Gasteiger partial charge < -0.3 is 10.2 Å². The highest BCUT2D eigenvalue weighted by molar-refractivity contribution is 7.92. The van der Waals surface area contributed by atoms with Crippen LogP contribution in [0, 0.1) is 0 Å². The third-order valence-corrected chi connectivity index (χ3v) is 6.49. The van der Waals surface area contributed by atoms with Crippen molar-refractivity contribution in [2.75, 3.05) is 23.7 Å². The molecule has 0 aliphatic carbocycles. The lowest BCUT2D eigenvalue weighted by Gasteiger charge is -2.31. The van der Waals surface area contributed by atoms with Crippen LogP contribution >= 0.6 is 11.6 Å². The first kappa shape index (κ1) is 25.7. The number of sulfonamides is 1. The Morgan fingerprint density at radius 3 is 2.06 bits per heavy atom. The monoisotopic (exact) mass is 479 g/mol. The quantitative estimate of drug-likeness (QED) is 0.566. The number of rotatable bonds is 10. The SMILES string of the molecule is CCNC(=O)[C@H](C)N(Cc1ccc(Cl)cc1)C(=O)CN(c1ccc(CC)cc1)S(C)(=O)=O. The maximum atomic E-state index is 13.3. The second-order valence-corrected chi connectivity index (χ2v) is 9.85. The van der Waals surface area contributed by atoms with Crippen LogP contribution in [-0.4, -0.2) is 50.5 Å². The normalized spacial score (nSPS) is 12.2. The van der Waals surface area contributed by atoms with Gasteiger partial charge in [0.25, 0.3) is 0 Å². The second-order valence-electron chi connectivity index (χ2n) is 7.51. The Kier molecular flexibility index (Phi) is 9.09. The van der Waals surface area contributed by atoms with Gasteiger partial charge in [0.1, 0.15) is 12.6 Å². The number of hydrogen-bond acceptors (Lipinski definition) is 4. The average Bonchev–Trinajstić information content (AvgIpc) is 2.76. The van der Waals surface area contributed by atoms with Gasteiger partial charge in [0.15, 0.2) is 0 Å². The lowest BCUT2D eigenvalue weighted by atomic mass is 10.1. The van der Waals surface area contributed by atoms with Gasteiger partial charge in [-0.2, -0.15) is 0 Å². The van der Waals surface area contributed by atoms with E-state index in [2.05, 4.69) is 5.32 Å². The molecule has 0 saturated heterocycles. The standard InChI is InChI=1S/C23H30ClN3O4S/c1-5-18-9-13-21(14-10-18)27(32(4,30)31)16-22(28)26(17(3)23(29)25-6-2)15-19-7-11-20(24)12-8-19/h7-14,17H,5-6,15-16H2,1-4H3,(H,25,29)/t17-/m0/s1. The fraction of sp³-hybridized carbons (Fsp3) is 0.391. The zero-order valence-corrected chi connectivity index (χ0v) is 20.4. The molecule has 32 heavy (non-hydrogen) atoms. The summed E-state index contributed by atoms with van der Waals surface area (Å²) in [5.74, 6) is -0.795. The molecule has 0 spiro atoms. The number of amides is 2. The van der Waals surface area contributed by atoms with Gasteiger partial charge in [0, 0.05) is 18.1 Å². The highest BCUT2D eigenvalue weighted by Crippen LogP contribution is 2.20. The number of nitrogens with zero attached hydrogens (tertiary/aromatic N) is 2. The lowest BCUT2D eigenvalue weighted by Crippen LogP contribution is -2.51. The van der Waals surface area contributed by atoms with Crippen molar-refractivity contribution in [3.63, 3.8) is 0 Å². The molecule has 2 aromatic carbocycles. The van der Waals surface area contributed by atoms with E-state index >= 15 is 0 Å². The fourth-order valence-corrected chi connectivity index (χ4v) is 4.18. The highest BCUT2D eigenvalue weighted by atomic mass is 35.5. The summed E-state index contributed by atoms with van der Waals surface area (Å²) in [7, 11) is -3.73. The molecule has 0 aliphatic heterocycles. The predicted molar refractivity (Wildman–Crippen MR) is 128 cm³/mol. The summed E-state index contributed by atoms with van der Waals surface area (Å²) in [6, 6.07) is 13.2. The van der Waals surface area contributed by atoms with Crippen molar-refractivity contribution in [2.45, 2.75) is 39.8 Å². The van der Waals surface area contributed by atoms with E-state index in [1.54, 1.807) is 50.2 Å². The number of benzene rings is 2. The van der Waals surface area contributed by atoms with E-state index in [1.165, 1.54) is 4.90 Å². The molecule has 0 fully saturated rings. The summed E-state index contributed by atoms with van der Waals surface area (Å²) in [6.45, 7) is 5.57. The molecule has 9 heteroatoms. The molecule has 1 N–H and O–H groups in total. The maximum absolute atomic E-state index is 13.3. The summed E-state index contributed by atoms with van der Waals surface area (Å²) in [6.07, 6.45) is 1.88. The van der Waals surface area contributed by atoms with Gasteiger partial charge in [-0.3, -0.25) is 13.9 Å². The molecule has 0 heterocycles. The van der Waals surface area contributed by atoms with Gasteiger partial charge in [-0.1, -0.05) is 42.8 Å². The maximum Gasteiger partial charge on any atom is 0.244 e.